The van der Waals surface area contributed by atoms with Crippen LogP contribution in [0.25, 0.3) is 0 Å². The maximum Gasteiger partial charge on any atom is 0.124 e. The fraction of sp³-hybridized carbons (Fsp3) is 0.500. The molecule has 0 aliphatic heterocycles. The average molecular weight is 232 g/mol. The van der Waals surface area contributed by atoms with Gasteiger partial charge in [0.15, 0.2) is 0 Å². The number of hydrogen-bond acceptors (Lipinski definition) is 2. The third-order valence-electron chi connectivity index (χ3n) is 3.43. The van der Waals surface area contributed by atoms with Gasteiger partial charge in [-0.15, -0.1) is 0 Å². The van der Waals surface area contributed by atoms with Crippen molar-refractivity contribution in [3.05, 3.63) is 35.1 Å². The summed E-state index contributed by atoms with van der Waals surface area (Å²) in [6.45, 7) is 4.96. The Balaban J connectivity index is 2.03. The lowest BCUT2D eigenvalue weighted by molar-refractivity contribution is 0.339. The molecule has 0 bridgehead atoms. The van der Waals surface area contributed by atoms with Gasteiger partial charge in [-0.3, -0.25) is 0 Å². The van der Waals surface area contributed by atoms with Crippen molar-refractivity contribution in [3.8, 4) is 6.07 Å². The second-order valence-electron chi connectivity index (χ2n) is 5.31. The number of rotatable bonds is 4. The monoisotopic (exact) mass is 232 g/mol. The van der Waals surface area contributed by atoms with Crippen molar-refractivity contribution >= 4 is 0 Å². The molecule has 3 heteroatoms. The Kier molecular flexibility index (Phi) is 3.17. The molecule has 1 aromatic rings. The molecule has 0 aromatic heterocycles. The van der Waals surface area contributed by atoms with E-state index in [9.17, 15) is 4.39 Å². The van der Waals surface area contributed by atoms with Crippen LogP contribution in [0.2, 0.25) is 0 Å². The van der Waals surface area contributed by atoms with Crippen LogP contribution < -0.4 is 5.32 Å². The molecular formula is C14H17FN2. The van der Waals surface area contributed by atoms with Crippen LogP contribution in [-0.4, -0.2) is 5.54 Å². The summed E-state index contributed by atoms with van der Waals surface area (Å²) in [6.07, 6.45) is 2.54. The van der Waals surface area contributed by atoms with Crippen LogP contribution in [-0.2, 0) is 6.54 Å². The molecule has 0 amide bonds. The van der Waals surface area contributed by atoms with E-state index < -0.39 is 0 Å². The molecule has 0 radical (unpaired) electrons. The van der Waals surface area contributed by atoms with E-state index in [4.69, 9.17) is 5.26 Å². The maximum atomic E-state index is 13.2. The number of halogens is 1. The van der Waals surface area contributed by atoms with Gasteiger partial charge >= 0.3 is 0 Å². The molecule has 0 spiro atoms. The van der Waals surface area contributed by atoms with Gasteiger partial charge in [-0.05, 0) is 56.4 Å². The molecule has 1 N–H and O–H groups in total. The highest BCUT2D eigenvalue weighted by Crippen LogP contribution is 2.39. The fourth-order valence-electron chi connectivity index (χ4n) is 2.10. The van der Waals surface area contributed by atoms with Gasteiger partial charge in [-0.2, -0.15) is 5.26 Å². The average Bonchev–Trinajstić information content (AvgIpc) is 3.10. The topological polar surface area (TPSA) is 35.8 Å². The third kappa shape index (κ3) is 3.04. The van der Waals surface area contributed by atoms with Crippen LogP contribution in [0, 0.1) is 23.1 Å². The first kappa shape index (κ1) is 12.1. The second kappa shape index (κ2) is 4.46. The fourth-order valence-corrected chi connectivity index (χ4v) is 2.10. The summed E-state index contributed by atoms with van der Waals surface area (Å²) >= 11 is 0. The highest BCUT2D eigenvalue weighted by atomic mass is 19.1. The highest BCUT2D eigenvalue weighted by Gasteiger charge is 2.37. The van der Waals surface area contributed by atoms with E-state index in [1.54, 1.807) is 6.07 Å². The van der Waals surface area contributed by atoms with E-state index in [0.717, 1.165) is 11.5 Å². The second-order valence-corrected chi connectivity index (χ2v) is 5.31. The first-order chi connectivity index (χ1) is 8.01. The van der Waals surface area contributed by atoms with E-state index in [1.165, 1.54) is 25.0 Å². The minimum atomic E-state index is -0.343. The zero-order valence-electron chi connectivity index (χ0n) is 10.3. The Morgan fingerprint density at radius 2 is 2.12 bits per heavy atom. The van der Waals surface area contributed by atoms with Crippen molar-refractivity contribution in [1.82, 2.24) is 5.32 Å². The lowest BCUT2D eigenvalue weighted by Gasteiger charge is -2.26. The number of nitriles is 1. The lowest BCUT2D eigenvalue weighted by atomic mass is 9.98. The molecule has 1 fully saturated rings. The Bertz CT molecular complexity index is 456. The molecule has 2 rings (SSSR count). The molecule has 17 heavy (non-hydrogen) atoms. The van der Waals surface area contributed by atoms with Crippen LogP contribution in [0.4, 0.5) is 4.39 Å². The number of hydrogen-bond donors (Lipinski definition) is 1. The quantitative estimate of drug-likeness (QED) is 0.866. The molecule has 90 valence electrons. The van der Waals surface area contributed by atoms with E-state index in [1.807, 2.05) is 6.07 Å². The maximum absolute atomic E-state index is 13.2. The summed E-state index contributed by atoms with van der Waals surface area (Å²) in [4.78, 5) is 0. The van der Waals surface area contributed by atoms with E-state index >= 15 is 0 Å². The predicted octanol–water partition coefficient (Wildman–Crippen LogP) is 2.98. The van der Waals surface area contributed by atoms with Gasteiger partial charge < -0.3 is 5.32 Å². The Labute approximate surface area is 101 Å². The SMILES string of the molecule is CC(C)(NCc1cc(F)cc(C#N)c1)C1CC1. The molecule has 2 nitrogen and oxygen atoms in total. The van der Waals surface area contributed by atoms with E-state index in [0.29, 0.717) is 12.1 Å². The van der Waals surface area contributed by atoms with Gasteiger partial charge in [0.1, 0.15) is 5.82 Å². The van der Waals surface area contributed by atoms with Crippen molar-refractivity contribution in [3.63, 3.8) is 0 Å². The molecule has 0 unspecified atom stereocenters. The molecule has 1 aliphatic carbocycles. The minimum Gasteiger partial charge on any atom is -0.307 e. The minimum absolute atomic E-state index is 0.0964. The normalized spacial score (nSPS) is 15.6. The number of nitrogens with zero attached hydrogens (tertiary/aromatic N) is 1. The largest absolute Gasteiger partial charge is 0.307 e. The standard InChI is InChI=1S/C14H17FN2/c1-14(2,12-3-4-12)17-9-11-5-10(8-16)6-13(15)7-11/h5-7,12,17H,3-4,9H2,1-2H3. The predicted molar refractivity (Wildman–Crippen MR) is 64.8 cm³/mol. The first-order valence-electron chi connectivity index (χ1n) is 5.96. The molecule has 0 saturated heterocycles. The highest BCUT2D eigenvalue weighted by molar-refractivity contribution is 5.33. The smallest absolute Gasteiger partial charge is 0.124 e. The lowest BCUT2D eigenvalue weighted by Crippen LogP contribution is -2.40. The summed E-state index contributed by atoms with van der Waals surface area (Å²) in [7, 11) is 0. The third-order valence-corrected chi connectivity index (χ3v) is 3.43. The first-order valence-corrected chi connectivity index (χ1v) is 5.96. The molecule has 1 aliphatic rings. The molecule has 0 heterocycles. The van der Waals surface area contributed by atoms with E-state index in [2.05, 4.69) is 19.2 Å². The zero-order chi connectivity index (χ0) is 12.5. The van der Waals surface area contributed by atoms with Crippen molar-refractivity contribution in [1.29, 1.82) is 5.26 Å². The van der Waals surface area contributed by atoms with Gasteiger partial charge in [0, 0.05) is 12.1 Å². The van der Waals surface area contributed by atoms with Gasteiger partial charge in [0.2, 0.25) is 0 Å². The summed E-state index contributed by atoms with van der Waals surface area (Å²) in [5, 5.41) is 12.2. The Hall–Kier alpha value is -1.40. The van der Waals surface area contributed by atoms with Gasteiger partial charge in [-0.25, -0.2) is 4.39 Å². The summed E-state index contributed by atoms with van der Waals surface area (Å²) < 4.78 is 13.2. The molecule has 1 aromatic carbocycles. The summed E-state index contributed by atoms with van der Waals surface area (Å²) in [6, 6.07) is 6.45. The van der Waals surface area contributed by atoms with Crippen molar-refractivity contribution in [2.75, 3.05) is 0 Å². The van der Waals surface area contributed by atoms with Gasteiger partial charge in [0.05, 0.1) is 11.6 Å². The van der Waals surface area contributed by atoms with Crippen LogP contribution in [0.3, 0.4) is 0 Å². The molecule has 0 atom stereocenters. The number of nitrogens with one attached hydrogen (secondary N) is 1. The van der Waals surface area contributed by atoms with Crippen LogP contribution in [0.5, 0.6) is 0 Å². The van der Waals surface area contributed by atoms with Crippen molar-refractivity contribution in [2.45, 2.75) is 38.8 Å². The number of benzene rings is 1. The Morgan fingerprint density at radius 1 is 1.41 bits per heavy atom. The van der Waals surface area contributed by atoms with E-state index in [-0.39, 0.29) is 11.4 Å². The van der Waals surface area contributed by atoms with Gasteiger partial charge in [-0.1, -0.05) is 0 Å². The molecular weight excluding hydrogens is 215 g/mol. The van der Waals surface area contributed by atoms with Crippen LogP contribution >= 0.6 is 0 Å². The van der Waals surface area contributed by atoms with Crippen molar-refractivity contribution < 1.29 is 4.39 Å². The van der Waals surface area contributed by atoms with Crippen LogP contribution in [0.1, 0.15) is 37.8 Å². The summed E-state index contributed by atoms with van der Waals surface area (Å²) in [5.41, 5.74) is 1.31. The zero-order valence-corrected chi connectivity index (χ0v) is 10.3. The Morgan fingerprint density at radius 3 is 2.71 bits per heavy atom. The van der Waals surface area contributed by atoms with Gasteiger partial charge in [0.25, 0.3) is 0 Å². The van der Waals surface area contributed by atoms with Crippen LogP contribution in [0.15, 0.2) is 18.2 Å². The summed E-state index contributed by atoms with van der Waals surface area (Å²) in [5.74, 6) is 0.386. The molecule has 1 saturated carbocycles. The van der Waals surface area contributed by atoms with Crippen molar-refractivity contribution in [2.24, 2.45) is 5.92 Å².